The van der Waals surface area contributed by atoms with Gasteiger partial charge in [0.05, 0.1) is 4.90 Å². The highest BCUT2D eigenvalue weighted by Crippen LogP contribution is 2.20. The number of hydrogen-bond acceptors (Lipinski definition) is 4. The first-order valence-electron chi connectivity index (χ1n) is 8.96. The van der Waals surface area contributed by atoms with Gasteiger partial charge in [-0.15, -0.1) is 0 Å². The van der Waals surface area contributed by atoms with Gasteiger partial charge in [0, 0.05) is 29.5 Å². The van der Waals surface area contributed by atoms with Gasteiger partial charge in [-0.25, -0.2) is 17.9 Å². The molecule has 0 atom stereocenters. The Hall–Kier alpha value is -2.91. The molecule has 0 aliphatic rings. The van der Waals surface area contributed by atoms with Crippen LogP contribution in [0.15, 0.2) is 47.4 Å². The Morgan fingerprint density at radius 2 is 1.45 bits per heavy atom. The van der Waals surface area contributed by atoms with Gasteiger partial charge in [0.2, 0.25) is 10.0 Å². The van der Waals surface area contributed by atoms with Crippen LogP contribution in [0.4, 0.5) is 16.2 Å². The Bertz CT molecular complexity index is 1010. The number of sulfonamides is 1. The highest BCUT2D eigenvalue weighted by molar-refractivity contribution is 7.89. The lowest BCUT2D eigenvalue weighted by Crippen LogP contribution is -2.40. The highest BCUT2D eigenvalue weighted by atomic mass is 32.2. The Morgan fingerprint density at radius 3 is 1.97 bits per heavy atom. The summed E-state index contributed by atoms with van der Waals surface area (Å²) in [4.78, 5) is 24.0. The molecule has 9 heteroatoms. The lowest BCUT2D eigenvalue weighted by atomic mass is 10.1. The number of rotatable bonds is 5. The van der Waals surface area contributed by atoms with Gasteiger partial charge >= 0.3 is 6.03 Å². The molecule has 3 amide bonds. The molecule has 0 aromatic heterocycles. The third-order valence-corrected chi connectivity index (χ3v) is 5.59. The van der Waals surface area contributed by atoms with Crippen molar-refractivity contribution < 1.29 is 18.0 Å². The second-order valence-corrected chi connectivity index (χ2v) is 9.25. The van der Waals surface area contributed by atoms with Gasteiger partial charge < -0.3 is 16.0 Å². The van der Waals surface area contributed by atoms with Crippen LogP contribution in [0.3, 0.4) is 0 Å². The SMILES string of the molecule is CNC(=O)Nc1ccc(NC(=O)c2cc(S(=O)(=O)NC(C)(C)C)ccc2C)cc1. The minimum atomic E-state index is -3.76. The summed E-state index contributed by atoms with van der Waals surface area (Å²) in [5, 5.41) is 7.80. The zero-order valence-electron chi connectivity index (χ0n) is 17.1. The summed E-state index contributed by atoms with van der Waals surface area (Å²) < 4.78 is 27.7. The first kappa shape index (κ1) is 22.4. The summed E-state index contributed by atoms with van der Waals surface area (Å²) in [6.07, 6.45) is 0. The van der Waals surface area contributed by atoms with E-state index < -0.39 is 21.5 Å². The third-order valence-electron chi connectivity index (χ3n) is 3.83. The minimum Gasteiger partial charge on any atom is -0.341 e. The highest BCUT2D eigenvalue weighted by Gasteiger charge is 2.23. The predicted octanol–water partition coefficient (Wildman–Crippen LogP) is 3.08. The van der Waals surface area contributed by atoms with Crippen molar-refractivity contribution in [1.29, 1.82) is 0 Å². The van der Waals surface area contributed by atoms with Crippen LogP contribution in [-0.4, -0.2) is 32.9 Å². The molecule has 2 aromatic rings. The molecule has 156 valence electrons. The predicted molar refractivity (Wildman–Crippen MR) is 114 cm³/mol. The fourth-order valence-corrected chi connectivity index (χ4v) is 3.95. The van der Waals surface area contributed by atoms with Gasteiger partial charge in [0.25, 0.3) is 5.91 Å². The maximum Gasteiger partial charge on any atom is 0.318 e. The van der Waals surface area contributed by atoms with Crippen LogP contribution in [-0.2, 0) is 10.0 Å². The lowest BCUT2D eigenvalue weighted by molar-refractivity contribution is 0.102. The molecule has 0 bridgehead atoms. The topological polar surface area (TPSA) is 116 Å². The van der Waals surface area contributed by atoms with Crippen molar-refractivity contribution in [3.8, 4) is 0 Å². The molecule has 0 fully saturated rings. The number of hydrogen-bond donors (Lipinski definition) is 4. The van der Waals surface area contributed by atoms with Crippen LogP contribution < -0.4 is 20.7 Å². The van der Waals surface area contributed by atoms with Crippen LogP contribution in [0, 0.1) is 6.92 Å². The van der Waals surface area contributed by atoms with Gasteiger partial charge in [-0.1, -0.05) is 6.07 Å². The van der Waals surface area contributed by atoms with Crippen LogP contribution in [0.25, 0.3) is 0 Å². The Balaban J connectivity index is 2.22. The van der Waals surface area contributed by atoms with E-state index in [-0.39, 0.29) is 16.5 Å². The molecule has 4 N–H and O–H groups in total. The molecule has 0 spiro atoms. The fraction of sp³-hybridized carbons (Fsp3) is 0.300. The minimum absolute atomic E-state index is 0.0216. The Morgan fingerprint density at radius 1 is 0.897 bits per heavy atom. The maximum absolute atomic E-state index is 12.7. The number of benzene rings is 2. The van der Waals surface area contributed by atoms with E-state index in [0.717, 1.165) is 0 Å². The smallest absolute Gasteiger partial charge is 0.318 e. The number of nitrogens with one attached hydrogen (secondary N) is 4. The largest absolute Gasteiger partial charge is 0.341 e. The Labute approximate surface area is 171 Å². The van der Waals surface area contributed by atoms with Gasteiger partial charge in [-0.2, -0.15) is 0 Å². The van der Waals surface area contributed by atoms with E-state index in [0.29, 0.717) is 16.9 Å². The van der Waals surface area contributed by atoms with Crippen LogP contribution >= 0.6 is 0 Å². The van der Waals surface area contributed by atoms with E-state index in [9.17, 15) is 18.0 Å². The van der Waals surface area contributed by atoms with Crippen molar-refractivity contribution in [1.82, 2.24) is 10.0 Å². The zero-order chi connectivity index (χ0) is 21.8. The monoisotopic (exact) mass is 418 g/mol. The molecule has 2 aromatic carbocycles. The maximum atomic E-state index is 12.7. The molecule has 0 aliphatic heterocycles. The van der Waals surface area contributed by atoms with Gasteiger partial charge in [-0.3, -0.25) is 4.79 Å². The molecule has 8 nitrogen and oxygen atoms in total. The first-order valence-corrected chi connectivity index (χ1v) is 10.4. The van der Waals surface area contributed by atoms with Crippen LogP contribution in [0.5, 0.6) is 0 Å². The quantitative estimate of drug-likeness (QED) is 0.597. The van der Waals surface area contributed by atoms with Crippen molar-refractivity contribution >= 4 is 33.3 Å². The molecule has 0 saturated heterocycles. The van der Waals surface area contributed by atoms with Gasteiger partial charge in [-0.05, 0) is 69.7 Å². The second kappa shape index (κ2) is 8.62. The summed E-state index contributed by atoms with van der Waals surface area (Å²) in [6, 6.07) is 10.7. The van der Waals surface area contributed by atoms with Crippen LogP contribution in [0.1, 0.15) is 36.7 Å². The van der Waals surface area contributed by atoms with E-state index in [1.54, 1.807) is 58.0 Å². The van der Waals surface area contributed by atoms with Crippen molar-refractivity contribution in [2.45, 2.75) is 38.1 Å². The van der Waals surface area contributed by atoms with E-state index in [1.165, 1.54) is 19.2 Å². The molecule has 0 heterocycles. The van der Waals surface area contributed by atoms with Crippen molar-refractivity contribution in [2.24, 2.45) is 0 Å². The fourth-order valence-electron chi connectivity index (χ4n) is 2.50. The second-order valence-electron chi connectivity index (χ2n) is 7.57. The summed E-state index contributed by atoms with van der Waals surface area (Å²) >= 11 is 0. The average molecular weight is 419 g/mol. The third kappa shape index (κ3) is 6.30. The number of urea groups is 1. The van der Waals surface area contributed by atoms with E-state index in [4.69, 9.17) is 0 Å². The average Bonchev–Trinajstić information content (AvgIpc) is 2.61. The molecular formula is C20H26N4O4S. The van der Waals surface area contributed by atoms with Crippen molar-refractivity contribution in [3.05, 3.63) is 53.6 Å². The number of carbonyl (C=O) groups is 2. The first-order chi connectivity index (χ1) is 13.4. The van der Waals surface area contributed by atoms with Crippen molar-refractivity contribution in [3.63, 3.8) is 0 Å². The van der Waals surface area contributed by atoms with Crippen LogP contribution in [0.2, 0.25) is 0 Å². The normalized spacial score (nSPS) is 11.6. The molecule has 0 radical (unpaired) electrons. The van der Waals surface area contributed by atoms with E-state index in [1.807, 2.05) is 0 Å². The summed E-state index contributed by atoms with van der Waals surface area (Å²) in [5.74, 6) is -0.428. The molecule has 0 aliphatic carbocycles. The zero-order valence-corrected chi connectivity index (χ0v) is 17.9. The van der Waals surface area contributed by atoms with E-state index >= 15 is 0 Å². The summed E-state index contributed by atoms with van der Waals surface area (Å²) in [6.45, 7) is 6.97. The van der Waals surface area contributed by atoms with E-state index in [2.05, 4.69) is 20.7 Å². The van der Waals surface area contributed by atoms with Gasteiger partial charge in [0.15, 0.2) is 0 Å². The molecule has 29 heavy (non-hydrogen) atoms. The Kier molecular flexibility index (Phi) is 6.66. The molecule has 0 unspecified atom stereocenters. The summed E-state index contributed by atoms with van der Waals surface area (Å²) in [5.41, 5.74) is 1.35. The van der Waals surface area contributed by atoms with Crippen molar-refractivity contribution in [2.75, 3.05) is 17.7 Å². The molecule has 2 rings (SSSR count). The number of aryl methyl sites for hydroxylation is 1. The number of amides is 3. The molecule has 0 saturated carbocycles. The standard InChI is InChI=1S/C20H26N4O4S/c1-13-6-11-16(29(27,28)24-20(2,3)4)12-17(13)18(25)22-14-7-9-15(10-8-14)23-19(26)21-5/h6-12,24H,1-5H3,(H,22,25)(H2,21,23,26). The molecular weight excluding hydrogens is 392 g/mol. The summed E-state index contributed by atoms with van der Waals surface area (Å²) in [7, 11) is -2.25. The number of anilines is 2. The number of carbonyl (C=O) groups excluding carboxylic acids is 2. The van der Waals surface area contributed by atoms with Gasteiger partial charge in [0.1, 0.15) is 0 Å². The lowest BCUT2D eigenvalue weighted by Gasteiger charge is -2.20.